The number of anilines is 1. The van der Waals surface area contributed by atoms with Crippen molar-refractivity contribution in [1.29, 1.82) is 0 Å². The Hall–Kier alpha value is -2.50. The van der Waals surface area contributed by atoms with Gasteiger partial charge < -0.3 is 10.2 Å². The standard InChI is InChI=1S/C18H23N5O/c1-2-9-20-18(24)15-7-12-23(13-8-15)17-4-3-16(21-22-17)14-5-10-19-11-6-14/h3-6,10-11,15H,2,7-9,12-13H2,1H3,(H,20,24). The Balaban J connectivity index is 1.58. The quantitative estimate of drug-likeness (QED) is 0.913. The van der Waals surface area contributed by atoms with E-state index in [1.807, 2.05) is 24.3 Å². The maximum atomic E-state index is 12.0. The van der Waals surface area contributed by atoms with E-state index < -0.39 is 0 Å². The van der Waals surface area contributed by atoms with E-state index in [-0.39, 0.29) is 11.8 Å². The van der Waals surface area contributed by atoms with E-state index >= 15 is 0 Å². The zero-order valence-electron chi connectivity index (χ0n) is 14.0. The lowest BCUT2D eigenvalue weighted by Crippen LogP contribution is -2.41. The summed E-state index contributed by atoms with van der Waals surface area (Å²) >= 11 is 0. The maximum Gasteiger partial charge on any atom is 0.223 e. The van der Waals surface area contributed by atoms with Gasteiger partial charge in [0.05, 0.1) is 5.69 Å². The number of hydrogen-bond acceptors (Lipinski definition) is 5. The third-order valence-corrected chi connectivity index (χ3v) is 4.37. The van der Waals surface area contributed by atoms with Gasteiger partial charge in [-0.1, -0.05) is 6.92 Å². The summed E-state index contributed by atoms with van der Waals surface area (Å²) in [6, 6.07) is 7.83. The van der Waals surface area contributed by atoms with E-state index in [4.69, 9.17) is 0 Å². The first-order valence-corrected chi connectivity index (χ1v) is 8.54. The molecule has 0 atom stereocenters. The highest BCUT2D eigenvalue weighted by Crippen LogP contribution is 2.23. The van der Waals surface area contributed by atoms with Crippen molar-refractivity contribution < 1.29 is 4.79 Å². The second kappa shape index (κ2) is 7.86. The average Bonchev–Trinajstić information content (AvgIpc) is 2.67. The maximum absolute atomic E-state index is 12.0. The Morgan fingerprint density at radius 2 is 1.92 bits per heavy atom. The van der Waals surface area contributed by atoms with Crippen LogP contribution in [-0.2, 0) is 4.79 Å². The highest BCUT2D eigenvalue weighted by Gasteiger charge is 2.25. The summed E-state index contributed by atoms with van der Waals surface area (Å²) in [6.07, 6.45) is 6.20. The molecule has 0 aromatic carbocycles. The monoisotopic (exact) mass is 325 g/mol. The van der Waals surface area contributed by atoms with Gasteiger partial charge in [-0.05, 0) is 43.5 Å². The molecule has 126 valence electrons. The first kappa shape index (κ1) is 16.4. The highest BCUT2D eigenvalue weighted by molar-refractivity contribution is 5.78. The third kappa shape index (κ3) is 3.88. The molecule has 3 rings (SSSR count). The number of nitrogens with zero attached hydrogens (tertiary/aromatic N) is 4. The second-order valence-electron chi connectivity index (χ2n) is 6.07. The number of pyridine rings is 1. The molecule has 0 spiro atoms. The molecule has 2 aromatic heterocycles. The van der Waals surface area contributed by atoms with Crippen molar-refractivity contribution in [2.24, 2.45) is 5.92 Å². The fourth-order valence-electron chi connectivity index (χ4n) is 2.93. The first-order valence-electron chi connectivity index (χ1n) is 8.54. The lowest BCUT2D eigenvalue weighted by Gasteiger charge is -2.31. The van der Waals surface area contributed by atoms with Crippen LogP contribution >= 0.6 is 0 Å². The van der Waals surface area contributed by atoms with Gasteiger partial charge in [-0.15, -0.1) is 10.2 Å². The van der Waals surface area contributed by atoms with E-state index in [2.05, 4.69) is 32.3 Å². The molecule has 1 amide bonds. The van der Waals surface area contributed by atoms with Gasteiger partial charge in [-0.3, -0.25) is 9.78 Å². The summed E-state index contributed by atoms with van der Waals surface area (Å²) in [5.74, 6) is 1.19. The normalized spacial score (nSPS) is 15.3. The number of hydrogen-bond donors (Lipinski definition) is 1. The van der Waals surface area contributed by atoms with Gasteiger partial charge in [0, 0.05) is 43.5 Å². The number of rotatable bonds is 5. The van der Waals surface area contributed by atoms with Gasteiger partial charge in [0.2, 0.25) is 5.91 Å². The molecule has 6 heteroatoms. The van der Waals surface area contributed by atoms with Crippen LogP contribution in [0.2, 0.25) is 0 Å². The number of carbonyl (C=O) groups is 1. The molecular weight excluding hydrogens is 302 g/mol. The lowest BCUT2D eigenvalue weighted by atomic mass is 9.96. The molecule has 3 heterocycles. The summed E-state index contributed by atoms with van der Waals surface area (Å²) in [4.78, 5) is 18.3. The van der Waals surface area contributed by atoms with Gasteiger partial charge in [0.1, 0.15) is 0 Å². The fraction of sp³-hybridized carbons (Fsp3) is 0.444. The molecule has 1 N–H and O–H groups in total. The minimum absolute atomic E-state index is 0.122. The number of amides is 1. The number of aromatic nitrogens is 3. The van der Waals surface area contributed by atoms with Crippen molar-refractivity contribution in [3.8, 4) is 11.3 Å². The smallest absolute Gasteiger partial charge is 0.223 e. The molecule has 0 bridgehead atoms. The molecule has 2 aromatic rings. The Bertz CT molecular complexity index is 651. The molecule has 1 fully saturated rings. The van der Waals surface area contributed by atoms with Crippen LogP contribution in [0.5, 0.6) is 0 Å². The van der Waals surface area contributed by atoms with Crippen LogP contribution in [-0.4, -0.2) is 40.7 Å². The lowest BCUT2D eigenvalue weighted by molar-refractivity contribution is -0.125. The van der Waals surface area contributed by atoms with Crippen LogP contribution in [0.3, 0.4) is 0 Å². The largest absolute Gasteiger partial charge is 0.356 e. The number of piperidine rings is 1. The zero-order valence-corrected chi connectivity index (χ0v) is 14.0. The first-order chi connectivity index (χ1) is 11.8. The van der Waals surface area contributed by atoms with Gasteiger partial charge in [0.15, 0.2) is 5.82 Å². The van der Waals surface area contributed by atoms with Crippen LogP contribution in [0.4, 0.5) is 5.82 Å². The predicted molar refractivity (Wildman–Crippen MR) is 93.5 cm³/mol. The van der Waals surface area contributed by atoms with E-state index in [0.29, 0.717) is 0 Å². The minimum atomic E-state index is 0.122. The van der Waals surface area contributed by atoms with Crippen LogP contribution in [0.1, 0.15) is 26.2 Å². The molecule has 0 radical (unpaired) electrons. The predicted octanol–water partition coefficient (Wildman–Crippen LogP) is 2.28. The fourth-order valence-corrected chi connectivity index (χ4v) is 2.93. The van der Waals surface area contributed by atoms with Crippen molar-refractivity contribution in [2.75, 3.05) is 24.5 Å². The van der Waals surface area contributed by atoms with E-state index in [1.54, 1.807) is 12.4 Å². The number of carbonyl (C=O) groups excluding carboxylic acids is 1. The van der Waals surface area contributed by atoms with Gasteiger partial charge >= 0.3 is 0 Å². The molecule has 0 saturated carbocycles. The second-order valence-corrected chi connectivity index (χ2v) is 6.07. The van der Waals surface area contributed by atoms with E-state index in [0.717, 1.165) is 56.0 Å². The summed E-state index contributed by atoms with van der Waals surface area (Å²) in [6.45, 7) is 4.51. The Morgan fingerprint density at radius 3 is 2.54 bits per heavy atom. The molecule has 24 heavy (non-hydrogen) atoms. The van der Waals surface area contributed by atoms with E-state index in [1.165, 1.54) is 0 Å². The summed E-state index contributed by atoms with van der Waals surface area (Å²) < 4.78 is 0. The number of nitrogens with one attached hydrogen (secondary N) is 1. The van der Waals surface area contributed by atoms with Crippen LogP contribution < -0.4 is 10.2 Å². The van der Waals surface area contributed by atoms with Crippen LogP contribution in [0.15, 0.2) is 36.7 Å². The van der Waals surface area contributed by atoms with Gasteiger partial charge in [-0.2, -0.15) is 0 Å². The molecule has 1 aliphatic rings. The highest BCUT2D eigenvalue weighted by atomic mass is 16.1. The SMILES string of the molecule is CCCNC(=O)C1CCN(c2ccc(-c3ccncc3)nn2)CC1. The average molecular weight is 325 g/mol. The van der Waals surface area contributed by atoms with Gasteiger partial charge in [-0.25, -0.2) is 0 Å². The Morgan fingerprint density at radius 1 is 1.17 bits per heavy atom. The van der Waals surface area contributed by atoms with Crippen LogP contribution in [0.25, 0.3) is 11.3 Å². The molecular formula is C18H23N5O. The molecule has 1 aliphatic heterocycles. The molecule has 1 saturated heterocycles. The van der Waals surface area contributed by atoms with Crippen LogP contribution in [0, 0.1) is 5.92 Å². The third-order valence-electron chi connectivity index (χ3n) is 4.37. The summed E-state index contributed by atoms with van der Waals surface area (Å²) in [5.41, 5.74) is 1.85. The molecule has 0 aliphatic carbocycles. The van der Waals surface area contributed by atoms with E-state index in [9.17, 15) is 4.79 Å². The van der Waals surface area contributed by atoms with Crippen molar-refractivity contribution in [3.63, 3.8) is 0 Å². The topological polar surface area (TPSA) is 71.0 Å². The van der Waals surface area contributed by atoms with Gasteiger partial charge in [0.25, 0.3) is 0 Å². The van der Waals surface area contributed by atoms with Crippen molar-refractivity contribution in [2.45, 2.75) is 26.2 Å². The van der Waals surface area contributed by atoms with Crippen molar-refractivity contribution in [1.82, 2.24) is 20.5 Å². The van der Waals surface area contributed by atoms with Crippen molar-refractivity contribution in [3.05, 3.63) is 36.7 Å². The molecule has 0 unspecified atom stereocenters. The molecule has 6 nitrogen and oxygen atoms in total. The Kier molecular flexibility index (Phi) is 5.36. The Labute approximate surface area is 142 Å². The summed E-state index contributed by atoms with van der Waals surface area (Å²) in [7, 11) is 0. The minimum Gasteiger partial charge on any atom is -0.356 e. The van der Waals surface area contributed by atoms with Crippen molar-refractivity contribution >= 4 is 11.7 Å². The summed E-state index contributed by atoms with van der Waals surface area (Å²) in [5, 5.41) is 11.7. The zero-order chi connectivity index (χ0) is 16.8.